The second kappa shape index (κ2) is 7.34. The van der Waals surface area contributed by atoms with Crippen molar-refractivity contribution in [2.75, 3.05) is 20.1 Å². The van der Waals surface area contributed by atoms with Gasteiger partial charge in [-0.1, -0.05) is 18.2 Å². The lowest BCUT2D eigenvalue weighted by Crippen LogP contribution is -2.32. The Labute approximate surface area is 127 Å². The average Bonchev–Trinajstić information content (AvgIpc) is 2.50. The number of rotatable bonds is 6. The van der Waals surface area contributed by atoms with E-state index in [1.165, 1.54) is 22.3 Å². The molecule has 1 aromatic carbocycles. The molecule has 112 valence electrons. The number of hydrogen-bond acceptors (Lipinski definition) is 3. The van der Waals surface area contributed by atoms with Gasteiger partial charge in [-0.15, -0.1) is 0 Å². The van der Waals surface area contributed by atoms with Gasteiger partial charge in [-0.25, -0.2) is 0 Å². The normalized spacial score (nSPS) is 12.6. The highest BCUT2D eigenvalue weighted by Gasteiger charge is 2.15. The molecule has 2 rings (SSSR count). The predicted molar refractivity (Wildman–Crippen MR) is 88.3 cm³/mol. The minimum Gasteiger partial charge on any atom is -0.329 e. The number of aromatic nitrogens is 1. The first-order chi connectivity index (χ1) is 10.1. The van der Waals surface area contributed by atoms with E-state index in [2.05, 4.69) is 61.1 Å². The number of benzene rings is 1. The molecule has 1 unspecified atom stereocenters. The maximum atomic E-state index is 6.01. The number of nitrogens with zero attached hydrogens (tertiary/aromatic N) is 2. The molecule has 1 aromatic heterocycles. The van der Waals surface area contributed by atoms with Crippen molar-refractivity contribution in [3.8, 4) is 0 Å². The van der Waals surface area contributed by atoms with Gasteiger partial charge in [0.2, 0.25) is 0 Å². The monoisotopic (exact) mass is 283 g/mol. The highest BCUT2D eigenvalue weighted by molar-refractivity contribution is 5.32. The third-order valence-corrected chi connectivity index (χ3v) is 4.17. The molecular formula is C18H25N3. The number of likely N-dealkylation sites (N-methyl/N-ethyl adjacent to an activating group) is 1. The van der Waals surface area contributed by atoms with Crippen LogP contribution in [0.2, 0.25) is 0 Å². The quantitative estimate of drug-likeness (QED) is 0.886. The zero-order valence-corrected chi connectivity index (χ0v) is 13.2. The molecule has 0 saturated carbocycles. The Morgan fingerprint density at radius 2 is 1.81 bits per heavy atom. The van der Waals surface area contributed by atoms with Gasteiger partial charge >= 0.3 is 0 Å². The van der Waals surface area contributed by atoms with Crippen LogP contribution in [-0.2, 0) is 6.42 Å². The zero-order valence-electron chi connectivity index (χ0n) is 13.2. The van der Waals surface area contributed by atoms with E-state index in [0.717, 1.165) is 13.0 Å². The van der Waals surface area contributed by atoms with E-state index in [9.17, 15) is 0 Å². The summed E-state index contributed by atoms with van der Waals surface area (Å²) in [6.45, 7) is 5.92. The van der Waals surface area contributed by atoms with E-state index < -0.39 is 0 Å². The number of hydrogen-bond donors (Lipinski definition) is 1. The van der Waals surface area contributed by atoms with Crippen LogP contribution in [0.3, 0.4) is 0 Å². The smallest absolute Gasteiger partial charge is 0.0467 e. The van der Waals surface area contributed by atoms with Gasteiger partial charge in [0.25, 0.3) is 0 Å². The van der Waals surface area contributed by atoms with Crippen LogP contribution >= 0.6 is 0 Å². The molecule has 0 bridgehead atoms. The Morgan fingerprint density at radius 3 is 2.43 bits per heavy atom. The van der Waals surface area contributed by atoms with Crippen molar-refractivity contribution in [1.82, 2.24) is 9.88 Å². The lowest BCUT2D eigenvalue weighted by molar-refractivity contribution is 0.253. The molecule has 3 heteroatoms. The van der Waals surface area contributed by atoms with E-state index in [1.54, 1.807) is 0 Å². The third-order valence-electron chi connectivity index (χ3n) is 4.17. The molecule has 0 aliphatic carbocycles. The maximum absolute atomic E-state index is 6.01. The van der Waals surface area contributed by atoms with Crippen LogP contribution in [0.5, 0.6) is 0 Å². The first-order valence-corrected chi connectivity index (χ1v) is 7.48. The Kier molecular flexibility index (Phi) is 5.48. The van der Waals surface area contributed by atoms with Gasteiger partial charge in [-0.2, -0.15) is 0 Å². The van der Waals surface area contributed by atoms with Crippen LogP contribution in [-0.4, -0.2) is 30.0 Å². The Hall–Kier alpha value is -1.71. The minimum absolute atomic E-state index is 0.270. The van der Waals surface area contributed by atoms with Crippen LogP contribution in [0.1, 0.15) is 28.3 Å². The molecule has 1 atom stereocenters. The molecule has 0 radical (unpaired) electrons. The summed E-state index contributed by atoms with van der Waals surface area (Å²) in [4.78, 5) is 6.39. The van der Waals surface area contributed by atoms with Crippen molar-refractivity contribution in [2.24, 2.45) is 5.73 Å². The number of nitrogens with two attached hydrogens (primary N) is 1. The van der Waals surface area contributed by atoms with Crippen LogP contribution in [0, 0.1) is 13.8 Å². The molecule has 0 fully saturated rings. The van der Waals surface area contributed by atoms with Gasteiger partial charge in [-0.3, -0.25) is 9.88 Å². The summed E-state index contributed by atoms with van der Waals surface area (Å²) in [5.41, 5.74) is 11.3. The molecule has 0 aliphatic heterocycles. The molecule has 1 heterocycles. The molecule has 2 N–H and O–H groups in total. The molecule has 0 saturated heterocycles. The number of pyridine rings is 1. The van der Waals surface area contributed by atoms with E-state index in [-0.39, 0.29) is 6.04 Å². The second-order valence-corrected chi connectivity index (χ2v) is 5.68. The van der Waals surface area contributed by atoms with Crippen molar-refractivity contribution < 1.29 is 0 Å². The van der Waals surface area contributed by atoms with Gasteiger partial charge in [0, 0.05) is 31.5 Å². The molecule has 0 amide bonds. The van der Waals surface area contributed by atoms with Crippen molar-refractivity contribution in [3.05, 3.63) is 65.0 Å². The molecule has 3 nitrogen and oxygen atoms in total. The van der Waals surface area contributed by atoms with Crippen LogP contribution in [0.15, 0.2) is 42.7 Å². The summed E-state index contributed by atoms with van der Waals surface area (Å²) < 4.78 is 0. The summed E-state index contributed by atoms with van der Waals surface area (Å²) in [7, 11) is 2.15. The van der Waals surface area contributed by atoms with Crippen molar-refractivity contribution in [2.45, 2.75) is 26.3 Å². The van der Waals surface area contributed by atoms with E-state index in [0.29, 0.717) is 6.54 Å². The molecule has 0 spiro atoms. The van der Waals surface area contributed by atoms with Crippen molar-refractivity contribution in [3.63, 3.8) is 0 Å². The Balaban J connectivity index is 2.04. The SMILES string of the molecule is Cc1ccc(C(CN)N(C)CCc2ccncc2)cc1C. The Morgan fingerprint density at radius 1 is 1.10 bits per heavy atom. The first kappa shape index (κ1) is 15.7. The molecular weight excluding hydrogens is 258 g/mol. The highest BCUT2D eigenvalue weighted by Crippen LogP contribution is 2.21. The first-order valence-electron chi connectivity index (χ1n) is 7.48. The van der Waals surface area contributed by atoms with Gasteiger partial charge in [0.1, 0.15) is 0 Å². The summed E-state index contributed by atoms with van der Waals surface area (Å²) >= 11 is 0. The summed E-state index contributed by atoms with van der Waals surface area (Å²) in [5, 5.41) is 0. The van der Waals surface area contributed by atoms with Crippen molar-refractivity contribution >= 4 is 0 Å². The van der Waals surface area contributed by atoms with Gasteiger partial charge in [-0.05, 0) is 61.7 Å². The fourth-order valence-electron chi connectivity index (χ4n) is 2.55. The van der Waals surface area contributed by atoms with E-state index >= 15 is 0 Å². The molecule has 0 aliphatic rings. The van der Waals surface area contributed by atoms with Gasteiger partial charge in [0.05, 0.1) is 0 Å². The zero-order chi connectivity index (χ0) is 15.2. The fraction of sp³-hybridized carbons (Fsp3) is 0.389. The topological polar surface area (TPSA) is 42.1 Å². The van der Waals surface area contributed by atoms with Crippen LogP contribution in [0.25, 0.3) is 0 Å². The van der Waals surface area contributed by atoms with Crippen LogP contribution < -0.4 is 5.73 Å². The minimum atomic E-state index is 0.270. The summed E-state index contributed by atoms with van der Waals surface area (Å²) in [5.74, 6) is 0. The number of aryl methyl sites for hydroxylation is 2. The van der Waals surface area contributed by atoms with Gasteiger partial charge in [0.15, 0.2) is 0 Å². The van der Waals surface area contributed by atoms with E-state index in [1.807, 2.05) is 12.4 Å². The molecule has 21 heavy (non-hydrogen) atoms. The lowest BCUT2D eigenvalue weighted by atomic mass is 10.00. The van der Waals surface area contributed by atoms with Crippen molar-refractivity contribution in [1.29, 1.82) is 0 Å². The second-order valence-electron chi connectivity index (χ2n) is 5.68. The highest BCUT2D eigenvalue weighted by atomic mass is 15.1. The summed E-state index contributed by atoms with van der Waals surface area (Å²) in [6, 6.07) is 11.1. The lowest BCUT2D eigenvalue weighted by Gasteiger charge is -2.28. The fourth-order valence-corrected chi connectivity index (χ4v) is 2.55. The third kappa shape index (κ3) is 4.13. The van der Waals surface area contributed by atoms with Crippen LogP contribution in [0.4, 0.5) is 0 Å². The summed E-state index contributed by atoms with van der Waals surface area (Å²) in [6.07, 6.45) is 4.71. The predicted octanol–water partition coefficient (Wildman–Crippen LogP) is 2.87. The van der Waals surface area contributed by atoms with E-state index in [4.69, 9.17) is 5.73 Å². The average molecular weight is 283 g/mol. The Bertz CT molecular complexity index is 566. The van der Waals surface area contributed by atoms with Gasteiger partial charge < -0.3 is 5.73 Å². The molecule has 2 aromatic rings. The maximum Gasteiger partial charge on any atom is 0.0467 e. The standard InChI is InChI=1S/C18H25N3/c1-14-4-5-17(12-15(14)2)18(13-19)21(3)11-8-16-6-9-20-10-7-16/h4-7,9-10,12,18H,8,11,13,19H2,1-3H3. The largest absolute Gasteiger partial charge is 0.329 e.